The number of aliphatic carboxylic acids is 2. The van der Waals surface area contributed by atoms with E-state index >= 15 is 0 Å². The number of benzene rings is 1. The highest BCUT2D eigenvalue weighted by Gasteiger charge is 2.40. The van der Waals surface area contributed by atoms with Gasteiger partial charge in [0.2, 0.25) is 0 Å². The predicted octanol–water partition coefficient (Wildman–Crippen LogP) is 3.76. The van der Waals surface area contributed by atoms with Gasteiger partial charge in [0, 0.05) is 30.2 Å². The second-order valence-corrected chi connectivity index (χ2v) is 8.37. The molecule has 0 saturated carbocycles. The molecule has 0 aliphatic carbocycles. The number of carboxylic acids is 2. The van der Waals surface area contributed by atoms with Crippen molar-refractivity contribution in [1.82, 2.24) is 4.90 Å². The lowest BCUT2D eigenvalue weighted by atomic mass is 10.1. The summed E-state index contributed by atoms with van der Waals surface area (Å²) in [5.41, 5.74) is 0.549. The summed E-state index contributed by atoms with van der Waals surface area (Å²) in [6, 6.07) is 7.74. The molecule has 1 aromatic heterocycles. The van der Waals surface area contributed by atoms with Crippen LogP contribution < -0.4 is 0 Å². The Morgan fingerprint density at radius 3 is 2.50 bits per heavy atom. The maximum absolute atomic E-state index is 12.8. The molecule has 2 N–H and O–H groups in total. The number of hydrogen-bond acceptors (Lipinski definition) is 8. The van der Waals surface area contributed by atoms with E-state index in [9.17, 15) is 29.6 Å². The molecule has 1 aliphatic rings. The smallest absolute Gasteiger partial charge is 0.326 e. The van der Waals surface area contributed by atoms with E-state index in [1.807, 2.05) is 0 Å². The van der Waals surface area contributed by atoms with E-state index in [1.54, 1.807) is 12.1 Å². The molecule has 2 aromatic rings. The molecule has 1 atom stereocenters. The normalized spacial score (nSPS) is 15.9. The fourth-order valence-electron chi connectivity index (χ4n) is 3.02. The van der Waals surface area contributed by atoms with Crippen molar-refractivity contribution in [3.05, 3.63) is 57.2 Å². The van der Waals surface area contributed by atoms with Gasteiger partial charge in [-0.3, -0.25) is 24.6 Å². The van der Waals surface area contributed by atoms with E-state index in [0.29, 0.717) is 17.1 Å². The van der Waals surface area contributed by atoms with Gasteiger partial charge in [-0.05, 0) is 37.1 Å². The van der Waals surface area contributed by atoms with Gasteiger partial charge in [0.15, 0.2) is 0 Å². The van der Waals surface area contributed by atoms with Crippen molar-refractivity contribution in [3.63, 3.8) is 0 Å². The molecule has 1 unspecified atom stereocenters. The average molecular weight is 476 g/mol. The number of rotatable bonds is 9. The Bertz CT molecular complexity index is 1120. The van der Waals surface area contributed by atoms with Crippen LogP contribution in [0.4, 0.5) is 5.69 Å². The van der Waals surface area contributed by atoms with Crippen LogP contribution >= 0.6 is 24.0 Å². The monoisotopic (exact) mass is 476 g/mol. The SMILES string of the molecule is O=C(O)CCCC(C(=O)O)N1C(=O)/C(=C/c2ccc(-c3ccc([N+](=O)[O-])cc3)o2)SC1=S. The zero-order chi connectivity index (χ0) is 23.4. The first-order valence-corrected chi connectivity index (χ1v) is 10.5. The molecule has 166 valence electrons. The molecule has 2 heterocycles. The van der Waals surface area contributed by atoms with Crippen LogP contribution in [0.15, 0.2) is 45.7 Å². The van der Waals surface area contributed by atoms with Crippen molar-refractivity contribution in [1.29, 1.82) is 0 Å². The quantitative estimate of drug-likeness (QED) is 0.237. The number of carbonyl (C=O) groups excluding carboxylic acids is 1. The van der Waals surface area contributed by atoms with Gasteiger partial charge in [-0.2, -0.15) is 0 Å². The van der Waals surface area contributed by atoms with Crippen molar-refractivity contribution in [2.75, 3.05) is 0 Å². The van der Waals surface area contributed by atoms with Crippen LogP contribution in [0.2, 0.25) is 0 Å². The Kier molecular flexibility index (Phi) is 7.05. The van der Waals surface area contributed by atoms with Gasteiger partial charge in [-0.25, -0.2) is 4.79 Å². The summed E-state index contributed by atoms with van der Waals surface area (Å²) in [5.74, 6) is -2.18. The molecule has 3 rings (SSSR count). The molecule has 10 nitrogen and oxygen atoms in total. The highest BCUT2D eigenvalue weighted by molar-refractivity contribution is 8.26. The third kappa shape index (κ3) is 5.21. The molecule has 1 fully saturated rings. The molecule has 1 aromatic carbocycles. The van der Waals surface area contributed by atoms with Crippen molar-refractivity contribution in [2.45, 2.75) is 25.3 Å². The number of furan rings is 1. The maximum Gasteiger partial charge on any atom is 0.326 e. The van der Waals surface area contributed by atoms with Gasteiger partial charge < -0.3 is 14.6 Å². The third-order valence-corrected chi connectivity index (χ3v) is 5.88. The molecule has 32 heavy (non-hydrogen) atoms. The third-order valence-electron chi connectivity index (χ3n) is 4.55. The summed E-state index contributed by atoms with van der Waals surface area (Å²) in [7, 11) is 0. The van der Waals surface area contributed by atoms with Crippen molar-refractivity contribution >= 4 is 57.9 Å². The minimum atomic E-state index is -1.27. The fourth-order valence-corrected chi connectivity index (χ4v) is 4.36. The van der Waals surface area contributed by atoms with E-state index < -0.39 is 28.8 Å². The van der Waals surface area contributed by atoms with Crippen LogP contribution in [-0.2, 0) is 14.4 Å². The first-order valence-electron chi connectivity index (χ1n) is 9.23. The number of non-ortho nitro benzene ring substituents is 1. The van der Waals surface area contributed by atoms with Crippen LogP contribution in [0.3, 0.4) is 0 Å². The number of carboxylic acid groups (broad SMARTS) is 2. The Morgan fingerprint density at radius 2 is 1.91 bits per heavy atom. The lowest BCUT2D eigenvalue weighted by molar-refractivity contribution is -0.384. The van der Waals surface area contributed by atoms with Gasteiger partial charge >= 0.3 is 11.9 Å². The summed E-state index contributed by atoms with van der Waals surface area (Å²) in [6.45, 7) is 0. The van der Waals surface area contributed by atoms with E-state index in [1.165, 1.54) is 30.3 Å². The Labute approximate surface area is 190 Å². The van der Waals surface area contributed by atoms with Crippen LogP contribution in [-0.4, -0.2) is 48.2 Å². The first-order chi connectivity index (χ1) is 15.2. The van der Waals surface area contributed by atoms with Gasteiger partial charge in [0.25, 0.3) is 11.6 Å². The van der Waals surface area contributed by atoms with E-state index in [-0.39, 0.29) is 34.2 Å². The van der Waals surface area contributed by atoms with E-state index in [0.717, 1.165) is 16.7 Å². The topological polar surface area (TPSA) is 151 Å². The highest BCUT2D eigenvalue weighted by Crippen LogP contribution is 2.36. The van der Waals surface area contributed by atoms with Gasteiger partial charge in [0.1, 0.15) is 21.9 Å². The standard InChI is InChI=1S/C20H16N2O8S2/c23-17(24)3-1-2-14(19(26)27)21-18(25)16(32-20(21)31)10-13-8-9-15(30-13)11-4-6-12(7-5-11)22(28)29/h4-10,14H,1-3H2,(H,23,24)(H,26,27)/b16-10-. The largest absolute Gasteiger partial charge is 0.481 e. The Balaban J connectivity index is 1.77. The number of carbonyl (C=O) groups is 3. The second kappa shape index (κ2) is 9.75. The van der Waals surface area contributed by atoms with Crippen molar-refractivity contribution in [3.8, 4) is 11.3 Å². The number of thioether (sulfide) groups is 1. The Hall–Kier alpha value is -3.51. The number of amides is 1. The molecule has 1 aliphatic heterocycles. The predicted molar refractivity (Wildman–Crippen MR) is 119 cm³/mol. The first kappa shape index (κ1) is 23.2. The zero-order valence-corrected chi connectivity index (χ0v) is 17.9. The van der Waals surface area contributed by atoms with E-state index in [2.05, 4.69) is 0 Å². The summed E-state index contributed by atoms with van der Waals surface area (Å²) in [4.78, 5) is 46.6. The molecule has 0 bridgehead atoms. The average Bonchev–Trinajstić information content (AvgIpc) is 3.30. The summed E-state index contributed by atoms with van der Waals surface area (Å²) >= 11 is 6.11. The van der Waals surface area contributed by atoms with Gasteiger partial charge in [-0.1, -0.05) is 24.0 Å². The number of nitrogens with zero attached hydrogens (tertiary/aromatic N) is 2. The fraction of sp³-hybridized carbons (Fsp3) is 0.200. The molecule has 1 saturated heterocycles. The lowest BCUT2D eigenvalue weighted by Gasteiger charge is -2.22. The molecular weight excluding hydrogens is 460 g/mol. The molecule has 12 heteroatoms. The van der Waals surface area contributed by atoms with Crippen LogP contribution in [0, 0.1) is 10.1 Å². The zero-order valence-electron chi connectivity index (χ0n) is 16.3. The summed E-state index contributed by atoms with van der Waals surface area (Å²) in [6.07, 6.45) is 1.25. The molecule has 1 amide bonds. The lowest BCUT2D eigenvalue weighted by Crippen LogP contribution is -2.43. The van der Waals surface area contributed by atoms with Crippen molar-refractivity contribution in [2.24, 2.45) is 0 Å². The highest BCUT2D eigenvalue weighted by atomic mass is 32.2. The molecule has 0 spiro atoms. The number of nitro benzene ring substituents is 1. The summed E-state index contributed by atoms with van der Waals surface area (Å²) < 4.78 is 5.76. The van der Waals surface area contributed by atoms with E-state index in [4.69, 9.17) is 21.7 Å². The molecule has 0 radical (unpaired) electrons. The summed E-state index contributed by atoms with van der Waals surface area (Å²) in [5, 5.41) is 29.0. The molecular formula is C20H16N2O8S2. The minimum absolute atomic E-state index is 0.0492. The van der Waals surface area contributed by atoms with Crippen molar-refractivity contribution < 1.29 is 33.9 Å². The van der Waals surface area contributed by atoms with Gasteiger partial charge in [-0.15, -0.1) is 0 Å². The van der Waals surface area contributed by atoms with Crippen LogP contribution in [0.1, 0.15) is 25.0 Å². The second-order valence-electron chi connectivity index (χ2n) is 6.70. The van der Waals surface area contributed by atoms with Crippen LogP contribution in [0.25, 0.3) is 17.4 Å². The van der Waals surface area contributed by atoms with Crippen LogP contribution in [0.5, 0.6) is 0 Å². The number of hydrogen-bond donors (Lipinski definition) is 2. The van der Waals surface area contributed by atoms with Gasteiger partial charge in [0.05, 0.1) is 9.83 Å². The maximum atomic E-state index is 12.8. The minimum Gasteiger partial charge on any atom is -0.481 e. The number of thiocarbonyl (C=S) groups is 1. The Morgan fingerprint density at radius 1 is 1.22 bits per heavy atom. The number of nitro groups is 1.